The number of aromatic nitrogens is 1. The first kappa shape index (κ1) is 14.4. The molecule has 108 valence electrons. The third-order valence-corrected chi connectivity index (χ3v) is 2.64. The van der Waals surface area contributed by atoms with Crippen molar-refractivity contribution in [2.24, 2.45) is 0 Å². The fourth-order valence-electron chi connectivity index (χ4n) is 1.67. The summed E-state index contributed by atoms with van der Waals surface area (Å²) in [5.41, 5.74) is -0.443. The first-order valence-corrected chi connectivity index (χ1v) is 5.72. The second kappa shape index (κ2) is 5.95. The fourth-order valence-corrected chi connectivity index (χ4v) is 1.67. The maximum atomic E-state index is 13.2. The minimum atomic E-state index is -1.22. The van der Waals surface area contributed by atoms with Gasteiger partial charge in [-0.1, -0.05) is 0 Å². The molecule has 1 heterocycles. The smallest absolute Gasteiger partial charge is 0.339 e. The van der Waals surface area contributed by atoms with Gasteiger partial charge in [0.25, 0.3) is 5.69 Å². The summed E-state index contributed by atoms with van der Waals surface area (Å²) in [5.74, 6) is -1.92. The minimum Gasteiger partial charge on any atom is -0.486 e. The first-order chi connectivity index (χ1) is 9.99. The van der Waals surface area contributed by atoms with Crippen molar-refractivity contribution in [2.45, 2.75) is 6.61 Å². The highest BCUT2D eigenvalue weighted by Crippen LogP contribution is 2.23. The van der Waals surface area contributed by atoms with Crippen LogP contribution in [0, 0.1) is 15.9 Å². The van der Waals surface area contributed by atoms with E-state index in [1.54, 1.807) is 0 Å². The maximum absolute atomic E-state index is 13.2. The Balaban J connectivity index is 2.27. The number of carboxylic acids is 1. The molecule has 0 saturated carbocycles. The number of halogens is 1. The van der Waals surface area contributed by atoms with Gasteiger partial charge in [-0.25, -0.2) is 9.18 Å². The number of carboxylic acid groups (broad SMARTS) is 1. The summed E-state index contributed by atoms with van der Waals surface area (Å²) in [4.78, 5) is 24.9. The molecule has 1 N–H and O–H groups in total. The van der Waals surface area contributed by atoms with E-state index in [0.29, 0.717) is 0 Å². The average molecular weight is 292 g/mol. The number of aromatic carboxylic acids is 1. The topological polar surface area (TPSA) is 103 Å². The molecule has 0 fully saturated rings. The van der Waals surface area contributed by atoms with Crippen LogP contribution in [0.4, 0.5) is 10.1 Å². The van der Waals surface area contributed by atoms with Crippen LogP contribution in [-0.2, 0) is 6.61 Å². The van der Waals surface area contributed by atoms with E-state index in [1.807, 2.05) is 0 Å². The van der Waals surface area contributed by atoms with Crippen LogP contribution in [-0.4, -0.2) is 21.0 Å². The molecule has 2 aromatic rings. The Morgan fingerprint density at radius 2 is 2.19 bits per heavy atom. The van der Waals surface area contributed by atoms with Crippen LogP contribution in [0.25, 0.3) is 0 Å². The molecule has 8 heteroatoms. The van der Waals surface area contributed by atoms with Gasteiger partial charge in [0.05, 0.1) is 16.7 Å². The lowest BCUT2D eigenvalue weighted by molar-refractivity contribution is -0.385. The van der Waals surface area contributed by atoms with E-state index in [4.69, 9.17) is 9.84 Å². The average Bonchev–Trinajstić information content (AvgIpc) is 2.45. The lowest BCUT2D eigenvalue weighted by Crippen LogP contribution is -2.05. The Hall–Kier alpha value is -3.03. The maximum Gasteiger partial charge on any atom is 0.339 e. The Kier molecular flexibility index (Phi) is 4.07. The fraction of sp³-hybridized carbons (Fsp3) is 0.0769. The number of nitro benzene ring substituents is 1. The van der Waals surface area contributed by atoms with Crippen molar-refractivity contribution >= 4 is 11.7 Å². The van der Waals surface area contributed by atoms with E-state index in [1.165, 1.54) is 18.5 Å². The van der Waals surface area contributed by atoms with Crippen LogP contribution < -0.4 is 4.74 Å². The summed E-state index contributed by atoms with van der Waals surface area (Å²) < 4.78 is 18.4. The summed E-state index contributed by atoms with van der Waals surface area (Å²) in [5, 5.41) is 19.8. The molecule has 1 aromatic heterocycles. The highest BCUT2D eigenvalue weighted by Gasteiger charge is 2.17. The summed E-state index contributed by atoms with van der Waals surface area (Å²) in [6.45, 7) is -0.347. The highest BCUT2D eigenvalue weighted by molar-refractivity contribution is 5.90. The van der Waals surface area contributed by atoms with Gasteiger partial charge in [0.15, 0.2) is 5.75 Å². The number of nitro groups is 1. The number of pyridine rings is 1. The Labute approximate surface area is 117 Å². The zero-order chi connectivity index (χ0) is 15.4. The van der Waals surface area contributed by atoms with Crippen LogP contribution in [0.15, 0.2) is 36.7 Å². The van der Waals surface area contributed by atoms with Gasteiger partial charge >= 0.3 is 5.97 Å². The van der Waals surface area contributed by atoms with Gasteiger partial charge in [0.2, 0.25) is 0 Å². The predicted molar refractivity (Wildman–Crippen MR) is 68.6 cm³/mol. The van der Waals surface area contributed by atoms with Gasteiger partial charge in [-0.3, -0.25) is 15.1 Å². The molecule has 21 heavy (non-hydrogen) atoms. The molecule has 0 atom stereocenters. The van der Waals surface area contributed by atoms with Gasteiger partial charge in [-0.15, -0.1) is 0 Å². The molecule has 0 saturated heterocycles. The van der Waals surface area contributed by atoms with Gasteiger partial charge in [0, 0.05) is 12.3 Å². The summed E-state index contributed by atoms with van der Waals surface area (Å²) in [6.07, 6.45) is 2.45. The van der Waals surface area contributed by atoms with E-state index < -0.39 is 16.7 Å². The molecule has 0 amide bonds. The predicted octanol–water partition coefficient (Wildman–Crippen LogP) is 2.41. The Bertz CT molecular complexity index is 705. The quantitative estimate of drug-likeness (QED) is 0.670. The van der Waals surface area contributed by atoms with Crippen LogP contribution in [0.5, 0.6) is 5.75 Å². The lowest BCUT2D eigenvalue weighted by atomic mass is 10.2. The van der Waals surface area contributed by atoms with Crippen LogP contribution in [0.3, 0.4) is 0 Å². The number of hydrogen-bond acceptors (Lipinski definition) is 5. The first-order valence-electron chi connectivity index (χ1n) is 5.72. The minimum absolute atomic E-state index is 0.000178. The van der Waals surface area contributed by atoms with Crippen molar-refractivity contribution in [1.82, 2.24) is 4.98 Å². The van der Waals surface area contributed by atoms with Gasteiger partial charge in [-0.05, 0) is 18.2 Å². The van der Waals surface area contributed by atoms with Crippen LogP contribution in [0.2, 0.25) is 0 Å². The largest absolute Gasteiger partial charge is 0.486 e. The van der Waals surface area contributed by atoms with Crippen LogP contribution >= 0.6 is 0 Å². The molecular weight excluding hydrogens is 283 g/mol. The van der Waals surface area contributed by atoms with Crippen molar-refractivity contribution in [1.29, 1.82) is 0 Å². The van der Waals surface area contributed by atoms with Gasteiger partial charge in [-0.2, -0.15) is 0 Å². The zero-order valence-corrected chi connectivity index (χ0v) is 10.5. The summed E-state index contributed by atoms with van der Waals surface area (Å²) >= 11 is 0. The third kappa shape index (κ3) is 3.30. The van der Waals surface area contributed by atoms with E-state index >= 15 is 0 Å². The van der Waals surface area contributed by atoms with E-state index in [9.17, 15) is 19.3 Å². The molecule has 0 bridgehead atoms. The number of ether oxygens (including phenoxy) is 1. The Morgan fingerprint density at radius 1 is 1.43 bits per heavy atom. The Morgan fingerprint density at radius 3 is 2.86 bits per heavy atom. The van der Waals surface area contributed by atoms with Gasteiger partial charge in [0.1, 0.15) is 18.0 Å². The molecule has 0 aliphatic rings. The molecule has 0 unspecified atom stereocenters. The summed E-state index contributed by atoms with van der Waals surface area (Å²) in [7, 11) is 0. The molecule has 2 rings (SSSR count). The van der Waals surface area contributed by atoms with Gasteiger partial charge < -0.3 is 9.84 Å². The number of hydrogen-bond donors (Lipinski definition) is 1. The molecular formula is C13H9FN2O5. The van der Waals surface area contributed by atoms with Crippen molar-refractivity contribution in [3.8, 4) is 5.75 Å². The van der Waals surface area contributed by atoms with Crippen molar-refractivity contribution in [3.05, 3.63) is 63.7 Å². The van der Waals surface area contributed by atoms with E-state index in [0.717, 1.165) is 18.2 Å². The highest BCUT2D eigenvalue weighted by atomic mass is 19.1. The second-order valence-electron chi connectivity index (χ2n) is 4.00. The standard InChI is InChI=1S/C13H9FN2O5/c14-9-1-2-11(16(19)20)8(5-9)7-21-12-6-15-4-3-10(12)13(17)18/h1-6H,7H2,(H,17,18). The second-order valence-corrected chi connectivity index (χ2v) is 4.00. The molecule has 0 aliphatic heterocycles. The van der Waals surface area contributed by atoms with E-state index in [2.05, 4.69) is 4.98 Å². The number of rotatable bonds is 5. The SMILES string of the molecule is O=C(O)c1ccncc1OCc1cc(F)ccc1[N+](=O)[O-]. The lowest BCUT2D eigenvalue weighted by Gasteiger charge is -2.08. The molecule has 1 aromatic carbocycles. The number of nitrogens with zero attached hydrogens (tertiary/aromatic N) is 2. The normalized spacial score (nSPS) is 10.1. The zero-order valence-electron chi connectivity index (χ0n) is 10.5. The van der Waals surface area contributed by atoms with Crippen molar-refractivity contribution in [2.75, 3.05) is 0 Å². The summed E-state index contributed by atoms with van der Waals surface area (Å²) in [6, 6.07) is 4.19. The van der Waals surface area contributed by atoms with Crippen LogP contribution in [0.1, 0.15) is 15.9 Å². The molecule has 7 nitrogen and oxygen atoms in total. The number of carbonyl (C=O) groups is 1. The molecule has 0 spiro atoms. The third-order valence-electron chi connectivity index (χ3n) is 2.64. The molecule has 0 radical (unpaired) electrons. The van der Waals surface area contributed by atoms with E-state index in [-0.39, 0.29) is 29.2 Å². The molecule has 0 aliphatic carbocycles. The monoisotopic (exact) mass is 292 g/mol. The van der Waals surface area contributed by atoms with Crippen molar-refractivity contribution in [3.63, 3.8) is 0 Å². The van der Waals surface area contributed by atoms with Crippen molar-refractivity contribution < 1.29 is 24.0 Å². The number of benzene rings is 1.